The molecule has 158 valence electrons. The van der Waals surface area contributed by atoms with Gasteiger partial charge in [-0.3, -0.25) is 19.3 Å². The smallest absolute Gasteiger partial charge is 0.262 e. The van der Waals surface area contributed by atoms with Crippen LogP contribution in [0, 0.1) is 0 Å². The molecule has 0 spiro atoms. The normalized spacial score (nSPS) is 13.7. The molecule has 9 heteroatoms. The molecule has 1 aliphatic heterocycles. The maximum absolute atomic E-state index is 12.8. The number of amides is 3. The van der Waals surface area contributed by atoms with Crippen LogP contribution in [0.4, 0.5) is 5.13 Å². The maximum Gasteiger partial charge on any atom is 0.262 e. The third-order valence-corrected chi connectivity index (χ3v) is 5.77. The average Bonchev–Trinajstić information content (AvgIpc) is 3.35. The summed E-state index contributed by atoms with van der Waals surface area (Å²) in [4.78, 5) is 43.4. The lowest BCUT2D eigenvalue weighted by molar-refractivity contribution is -0.119. The van der Waals surface area contributed by atoms with Gasteiger partial charge >= 0.3 is 0 Å². The van der Waals surface area contributed by atoms with Gasteiger partial charge < -0.3 is 14.8 Å². The fourth-order valence-electron chi connectivity index (χ4n) is 3.36. The maximum atomic E-state index is 12.8. The second-order valence-corrected chi connectivity index (χ2v) is 7.65. The molecule has 1 aromatic heterocycles. The molecule has 31 heavy (non-hydrogen) atoms. The van der Waals surface area contributed by atoms with Crippen LogP contribution in [0.5, 0.6) is 11.5 Å². The molecule has 0 saturated carbocycles. The Morgan fingerprint density at radius 2 is 1.71 bits per heavy atom. The van der Waals surface area contributed by atoms with E-state index < -0.39 is 23.8 Å². The van der Waals surface area contributed by atoms with Crippen molar-refractivity contribution in [1.82, 2.24) is 9.88 Å². The fourth-order valence-corrected chi connectivity index (χ4v) is 4.07. The average molecular weight is 437 g/mol. The summed E-state index contributed by atoms with van der Waals surface area (Å²) in [6, 6.07) is 10.9. The van der Waals surface area contributed by atoms with Crippen molar-refractivity contribution < 1.29 is 23.9 Å². The molecule has 2 aromatic carbocycles. The molecule has 0 bridgehead atoms. The Morgan fingerprint density at radius 3 is 2.32 bits per heavy atom. The molecule has 1 aliphatic rings. The number of nitrogens with zero attached hydrogens (tertiary/aromatic N) is 2. The Balaban J connectivity index is 1.53. The summed E-state index contributed by atoms with van der Waals surface area (Å²) in [6.45, 7) is 1.51. The van der Waals surface area contributed by atoms with Crippen molar-refractivity contribution in [1.29, 1.82) is 0 Å². The zero-order valence-electron chi connectivity index (χ0n) is 17.0. The van der Waals surface area contributed by atoms with Gasteiger partial charge in [-0.05, 0) is 37.3 Å². The van der Waals surface area contributed by atoms with Gasteiger partial charge in [-0.1, -0.05) is 12.1 Å². The van der Waals surface area contributed by atoms with Gasteiger partial charge in [0.1, 0.15) is 17.5 Å². The Kier molecular flexibility index (Phi) is 5.43. The third kappa shape index (κ3) is 3.64. The van der Waals surface area contributed by atoms with Crippen molar-refractivity contribution in [3.05, 3.63) is 59.0 Å². The standard InChI is InChI=1S/C22H19N3O5S/c1-12(25-20(27)14-6-4-5-7-15(14)21(25)28)19(26)24-22-23-17(11-31-22)16-10-13(29-2)8-9-18(16)30-3/h4-12H,1-3H3,(H,23,24,26). The quantitative estimate of drug-likeness (QED) is 0.593. The van der Waals surface area contributed by atoms with Gasteiger partial charge in [-0.2, -0.15) is 0 Å². The molecule has 0 radical (unpaired) electrons. The van der Waals surface area contributed by atoms with Gasteiger partial charge in [0.25, 0.3) is 11.8 Å². The molecule has 0 saturated heterocycles. The molecule has 3 aromatic rings. The number of carbonyl (C=O) groups is 3. The number of anilines is 1. The van der Waals surface area contributed by atoms with Crippen LogP contribution in [0.15, 0.2) is 47.8 Å². The Labute approximate surface area is 182 Å². The third-order valence-electron chi connectivity index (χ3n) is 5.01. The molecular weight excluding hydrogens is 418 g/mol. The van der Waals surface area contributed by atoms with E-state index in [0.29, 0.717) is 39.0 Å². The zero-order chi connectivity index (χ0) is 22.1. The molecule has 8 nitrogen and oxygen atoms in total. The first-order valence-electron chi connectivity index (χ1n) is 9.40. The number of methoxy groups -OCH3 is 2. The van der Waals surface area contributed by atoms with Gasteiger partial charge in [0.2, 0.25) is 5.91 Å². The summed E-state index contributed by atoms with van der Waals surface area (Å²) in [7, 11) is 3.13. The zero-order valence-corrected chi connectivity index (χ0v) is 17.9. The van der Waals surface area contributed by atoms with E-state index in [9.17, 15) is 14.4 Å². The highest BCUT2D eigenvalue weighted by Gasteiger charge is 2.40. The first-order chi connectivity index (χ1) is 14.9. The largest absolute Gasteiger partial charge is 0.497 e. The van der Waals surface area contributed by atoms with Crippen LogP contribution < -0.4 is 14.8 Å². The van der Waals surface area contributed by atoms with Gasteiger partial charge in [-0.25, -0.2) is 4.98 Å². The topological polar surface area (TPSA) is 97.8 Å². The van der Waals surface area contributed by atoms with E-state index in [-0.39, 0.29) is 0 Å². The number of ether oxygens (including phenoxy) is 2. The van der Waals surface area contributed by atoms with Crippen LogP contribution in [0.3, 0.4) is 0 Å². The van der Waals surface area contributed by atoms with Crippen LogP contribution in [0.25, 0.3) is 11.3 Å². The SMILES string of the molecule is COc1ccc(OC)c(-c2csc(NC(=O)C(C)N3C(=O)c4ccccc4C3=O)n2)c1. The highest BCUT2D eigenvalue weighted by molar-refractivity contribution is 7.14. The molecule has 4 rings (SSSR count). The predicted molar refractivity (Wildman–Crippen MR) is 116 cm³/mol. The predicted octanol–water partition coefficient (Wildman–Crippen LogP) is 3.45. The lowest BCUT2D eigenvalue weighted by Gasteiger charge is -2.21. The van der Waals surface area contributed by atoms with Gasteiger partial charge in [0.15, 0.2) is 5.13 Å². The van der Waals surface area contributed by atoms with Crippen molar-refractivity contribution >= 4 is 34.2 Å². The van der Waals surface area contributed by atoms with Crippen molar-refractivity contribution in [2.24, 2.45) is 0 Å². The lowest BCUT2D eigenvalue weighted by Crippen LogP contribution is -2.45. The van der Waals surface area contributed by atoms with E-state index in [1.165, 1.54) is 18.3 Å². The summed E-state index contributed by atoms with van der Waals surface area (Å²) >= 11 is 1.23. The van der Waals surface area contributed by atoms with E-state index in [1.54, 1.807) is 62.1 Å². The minimum Gasteiger partial charge on any atom is -0.497 e. The number of nitrogens with one attached hydrogen (secondary N) is 1. The van der Waals surface area contributed by atoms with Crippen molar-refractivity contribution in [3.63, 3.8) is 0 Å². The van der Waals surface area contributed by atoms with E-state index in [2.05, 4.69) is 10.3 Å². The first-order valence-corrected chi connectivity index (χ1v) is 10.3. The van der Waals surface area contributed by atoms with Crippen LogP contribution in [0.1, 0.15) is 27.6 Å². The number of benzene rings is 2. The molecule has 0 aliphatic carbocycles. The minimum absolute atomic E-state index is 0.300. The van der Waals surface area contributed by atoms with E-state index >= 15 is 0 Å². The number of hydrogen-bond donors (Lipinski definition) is 1. The molecule has 1 atom stereocenters. The van der Waals surface area contributed by atoms with Gasteiger partial charge in [0, 0.05) is 10.9 Å². The fraction of sp³-hybridized carbons (Fsp3) is 0.182. The Bertz CT molecular complexity index is 1150. The molecule has 2 heterocycles. The number of rotatable bonds is 6. The summed E-state index contributed by atoms with van der Waals surface area (Å²) in [5.74, 6) is -0.210. The number of thiazole rings is 1. The van der Waals surface area contributed by atoms with Crippen molar-refractivity contribution in [2.45, 2.75) is 13.0 Å². The number of imide groups is 1. The Morgan fingerprint density at radius 1 is 1.03 bits per heavy atom. The van der Waals surface area contributed by atoms with E-state index in [0.717, 1.165) is 4.90 Å². The van der Waals surface area contributed by atoms with Crippen LogP contribution in [0.2, 0.25) is 0 Å². The first kappa shape index (κ1) is 20.5. The molecule has 0 fully saturated rings. The molecule has 1 N–H and O–H groups in total. The molecule has 3 amide bonds. The van der Waals surface area contributed by atoms with Crippen LogP contribution in [-0.2, 0) is 4.79 Å². The monoisotopic (exact) mass is 437 g/mol. The van der Waals surface area contributed by atoms with E-state index in [4.69, 9.17) is 9.47 Å². The summed E-state index contributed by atoms with van der Waals surface area (Å²) < 4.78 is 10.7. The summed E-state index contributed by atoms with van der Waals surface area (Å²) in [5, 5.41) is 4.81. The second-order valence-electron chi connectivity index (χ2n) is 6.80. The van der Waals surface area contributed by atoms with Crippen molar-refractivity contribution in [3.8, 4) is 22.8 Å². The number of carbonyl (C=O) groups excluding carboxylic acids is 3. The van der Waals surface area contributed by atoms with Crippen LogP contribution >= 0.6 is 11.3 Å². The second kappa shape index (κ2) is 8.19. The highest BCUT2D eigenvalue weighted by Crippen LogP contribution is 2.35. The van der Waals surface area contributed by atoms with Gasteiger partial charge in [-0.15, -0.1) is 11.3 Å². The van der Waals surface area contributed by atoms with Gasteiger partial charge in [0.05, 0.1) is 31.0 Å². The van der Waals surface area contributed by atoms with E-state index in [1.807, 2.05) is 0 Å². The summed E-state index contributed by atoms with van der Waals surface area (Å²) in [5.41, 5.74) is 1.92. The van der Waals surface area contributed by atoms with Crippen LogP contribution in [-0.4, -0.2) is 47.9 Å². The van der Waals surface area contributed by atoms with Crippen molar-refractivity contribution in [2.75, 3.05) is 19.5 Å². The number of aromatic nitrogens is 1. The lowest BCUT2D eigenvalue weighted by atomic mass is 10.1. The minimum atomic E-state index is -0.994. The molecular formula is C22H19N3O5S. The Hall–Kier alpha value is -3.72. The highest BCUT2D eigenvalue weighted by atomic mass is 32.1. The number of hydrogen-bond acceptors (Lipinski definition) is 7. The molecule has 1 unspecified atom stereocenters. The summed E-state index contributed by atoms with van der Waals surface area (Å²) in [6.07, 6.45) is 0. The number of fused-ring (bicyclic) bond motifs is 1.